The lowest BCUT2D eigenvalue weighted by Gasteiger charge is -2.23. The van der Waals surface area contributed by atoms with Gasteiger partial charge >= 0.3 is 0 Å². The van der Waals surface area contributed by atoms with Gasteiger partial charge in [0, 0.05) is 18.4 Å². The molecule has 0 saturated carbocycles. The quantitative estimate of drug-likeness (QED) is 0.759. The largest absolute Gasteiger partial charge is 0.383 e. The number of hydrogen-bond donors (Lipinski definition) is 1. The first-order valence-electron chi connectivity index (χ1n) is 4.97. The lowest BCUT2D eigenvalue weighted by molar-refractivity contribution is -0.0379. The fraction of sp³-hybridized carbons (Fsp3) is 0.545. The summed E-state index contributed by atoms with van der Waals surface area (Å²) < 4.78 is 18.1. The normalized spacial score (nSPS) is 14.9. The summed E-state index contributed by atoms with van der Waals surface area (Å²) in [7, 11) is 0. The molecule has 0 aromatic carbocycles. The van der Waals surface area contributed by atoms with E-state index < -0.39 is 11.4 Å². The minimum atomic E-state index is -1.19. The minimum Gasteiger partial charge on any atom is -0.383 e. The molecule has 1 aromatic heterocycles. The van der Waals surface area contributed by atoms with Gasteiger partial charge in [-0.2, -0.15) is 0 Å². The highest BCUT2D eigenvalue weighted by atomic mass is 19.1. The third-order valence-electron chi connectivity index (χ3n) is 2.06. The van der Waals surface area contributed by atoms with E-state index >= 15 is 0 Å². The third-order valence-corrected chi connectivity index (χ3v) is 2.06. The molecule has 15 heavy (non-hydrogen) atoms. The molecule has 1 unspecified atom stereocenters. The Balaban J connectivity index is 2.67. The number of ether oxygens (including phenoxy) is 1. The summed E-state index contributed by atoms with van der Waals surface area (Å²) in [6, 6.07) is 1.27. The number of nitrogens with zero attached hydrogens (tertiary/aromatic N) is 1. The van der Waals surface area contributed by atoms with Gasteiger partial charge in [0.1, 0.15) is 11.4 Å². The van der Waals surface area contributed by atoms with Gasteiger partial charge in [-0.05, 0) is 19.4 Å². The predicted octanol–water partition coefficient (Wildman–Crippen LogP) is 1.85. The van der Waals surface area contributed by atoms with Crippen molar-refractivity contribution in [2.45, 2.75) is 25.9 Å². The Hall–Kier alpha value is -1.00. The summed E-state index contributed by atoms with van der Waals surface area (Å²) in [5.41, 5.74) is -0.761. The molecule has 1 aromatic rings. The molecule has 0 spiro atoms. The molecule has 0 aliphatic carbocycles. The Bertz CT molecular complexity index is 315. The van der Waals surface area contributed by atoms with Crippen molar-refractivity contribution in [3.8, 4) is 0 Å². The van der Waals surface area contributed by atoms with Crippen molar-refractivity contribution >= 4 is 0 Å². The summed E-state index contributed by atoms with van der Waals surface area (Å²) in [5.74, 6) is -0.455. The topological polar surface area (TPSA) is 42.4 Å². The van der Waals surface area contributed by atoms with Crippen molar-refractivity contribution in [3.63, 3.8) is 0 Å². The van der Waals surface area contributed by atoms with Crippen molar-refractivity contribution < 1.29 is 14.2 Å². The van der Waals surface area contributed by atoms with E-state index in [1.807, 2.05) is 6.92 Å². The molecule has 0 saturated heterocycles. The van der Waals surface area contributed by atoms with Crippen LogP contribution in [0.4, 0.5) is 4.39 Å². The second-order valence-electron chi connectivity index (χ2n) is 3.72. The monoisotopic (exact) mass is 213 g/mol. The average molecular weight is 213 g/mol. The van der Waals surface area contributed by atoms with E-state index in [0.29, 0.717) is 12.2 Å². The average Bonchev–Trinajstić information content (AvgIpc) is 2.18. The SMILES string of the molecule is CCCOCC(C)(O)c1cncc(F)c1. The van der Waals surface area contributed by atoms with E-state index in [1.165, 1.54) is 12.3 Å². The highest BCUT2D eigenvalue weighted by Gasteiger charge is 2.24. The molecule has 0 amide bonds. The van der Waals surface area contributed by atoms with Crippen LogP contribution < -0.4 is 0 Å². The lowest BCUT2D eigenvalue weighted by Crippen LogP contribution is -2.28. The van der Waals surface area contributed by atoms with Crippen molar-refractivity contribution in [1.82, 2.24) is 4.98 Å². The summed E-state index contributed by atoms with van der Waals surface area (Å²) >= 11 is 0. The maximum atomic E-state index is 12.9. The van der Waals surface area contributed by atoms with Crippen LogP contribution in [0.15, 0.2) is 18.5 Å². The molecular weight excluding hydrogens is 197 g/mol. The van der Waals surface area contributed by atoms with E-state index in [-0.39, 0.29) is 6.61 Å². The highest BCUT2D eigenvalue weighted by molar-refractivity contribution is 5.17. The van der Waals surface area contributed by atoms with Crippen molar-refractivity contribution in [2.75, 3.05) is 13.2 Å². The Morgan fingerprint density at radius 1 is 1.53 bits per heavy atom. The summed E-state index contributed by atoms with van der Waals surface area (Å²) in [5, 5.41) is 10.0. The zero-order valence-corrected chi connectivity index (χ0v) is 9.03. The molecule has 0 fully saturated rings. The van der Waals surface area contributed by atoms with Crippen LogP contribution in [-0.4, -0.2) is 23.3 Å². The first-order valence-corrected chi connectivity index (χ1v) is 4.97. The standard InChI is InChI=1S/C11H16FNO2/c1-3-4-15-8-11(2,14)9-5-10(12)7-13-6-9/h5-7,14H,3-4,8H2,1-2H3. The van der Waals surface area contributed by atoms with Crippen LogP contribution in [0.2, 0.25) is 0 Å². The Labute approximate surface area is 88.9 Å². The maximum absolute atomic E-state index is 12.9. The number of aliphatic hydroxyl groups is 1. The molecule has 0 aliphatic heterocycles. The predicted molar refractivity (Wildman–Crippen MR) is 54.9 cm³/mol. The van der Waals surface area contributed by atoms with E-state index in [1.54, 1.807) is 6.92 Å². The highest BCUT2D eigenvalue weighted by Crippen LogP contribution is 2.20. The van der Waals surface area contributed by atoms with Crippen LogP contribution in [-0.2, 0) is 10.3 Å². The van der Waals surface area contributed by atoms with Gasteiger partial charge in [0.15, 0.2) is 0 Å². The number of pyridine rings is 1. The second-order valence-corrected chi connectivity index (χ2v) is 3.72. The van der Waals surface area contributed by atoms with Gasteiger partial charge in [0.25, 0.3) is 0 Å². The van der Waals surface area contributed by atoms with Gasteiger partial charge in [-0.15, -0.1) is 0 Å². The molecule has 1 atom stereocenters. The molecule has 0 aliphatic rings. The van der Waals surface area contributed by atoms with E-state index in [2.05, 4.69) is 4.98 Å². The molecular formula is C11H16FNO2. The molecule has 1 N–H and O–H groups in total. The van der Waals surface area contributed by atoms with Gasteiger partial charge in [0.05, 0.1) is 12.8 Å². The Kier molecular flexibility index (Phi) is 4.17. The van der Waals surface area contributed by atoms with Gasteiger partial charge < -0.3 is 9.84 Å². The zero-order chi connectivity index (χ0) is 11.3. The van der Waals surface area contributed by atoms with Crippen LogP contribution >= 0.6 is 0 Å². The van der Waals surface area contributed by atoms with Gasteiger partial charge in [-0.25, -0.2) is 4.39 Å². The Morgan fingerprint density at radius 2 is 2.27 bits per heavy atom. The number of hydrogen-bond acceptors (Lipinski definition) is 3. The number of aromatic nitrogens is 1. The zero-order valence-electron chi connectivity index (χ0n) is 9.03. The van der Waals surface area contributed by atoms with Crippen LogP contribution in [0.25, 0.3) is 0 Å². The summed E-state index contributed by atoms with van der Waals surface area (Å²) in [4.78, 5) is 3.69. The van der Waals surface area contributed by atoms with E-state index in [0.717, 1.165) is 12.6 Å². The minimum absolute atomic E-state index is 0.145. The second kappa shape index (κ2) is 5.19. The molecule has 3 nitrogen and oxygen atoms in total. The Morgan fingerprint density at radius 3 is 2.87 bits per heavy atom. The van der Waals surface area contributed by atoms with Crippen molar-refractivity contribution in [1.29, 1.82) is 0 Å². The van der Waals surface area contributed by atoms with Crippen LogP contribution in [0.1, 0.15) is 25.8 Å². The molecule has 84 valence electrons. The fourth-order valence-corrected chi connectivity index (χ4v) is 1.20. The smallest absolute Gasteiger partial charge is 0.141 e. The van der Waals surface area contributed by atoms with Gasteiger partial charge in [-0.3, -0.25) is 4.98 Å². The first kappa shape index (κ1) is 12.1. The van der Waals surface area contributed by atoms with Gasteiger partial charge in [0.2, 0.25) is 0 Å². The summed E-state index contributed by atoms with van der Waals surface area (Å²) in [6.07, 6.45) is 3.43. The number of halogens is 1. The van der Waals surface area contributed by atoms with Gasteiger partial charge in [-0.1, -0.05) is 6.92 Å². The first-order chi connectivity index (χ1) is 7.06. The molecule has 4 heteroatoms. The van der Waals surface area contributed by atoms with Crippen molar-refractivity contribution in [3.05, 3.63) is 29.8 Å². The lowest BCUT2D eigenvalue weighted by atomic mass is 9.99. The van der Waals surface area contributed by atoms with E-state index in [9.17, 15) is 9.50 Å². The van der Waals surface area contributed by atoms with Crippen molar-refractivity contribution in [2.24, 2.45) is 0 Å². The maximum Gasteiger partial charge on any atom is 0.141 e. The third kappa shape index (κ3) is 3.57. The molecule has 0 radical (unpaired) electrons. The fourth-order valence-electron chi connectivity index (χ4n) is 1.20. The molecule has 1 rings (SSSR count). The van der Waals surface area contributed by atoms with Crippen LogP contribution in [0.3, 0.4) is 0 Å². The molecule has 0 bridgehead atoms. The van der Waals surface area contributed by atoms with Crippen LogP contribution in [0.5, 0.6) is 0 Å². The summed E-state index contributed by atoms with van der Waals surface area (Å²) in [6.45, 7) is 4.29. The molecule has 1 heterocycles. The number of rotatable bonds is 5. The van der Waals surface area contributed by atoms with E-state index in [4.69, 9.17) is 4.74 Å². The van der Waals surface area contributed by atoms with Crippen LogP contribution in [0, 0.1) is 5.82 Å².